The first-order valence-corrected chi connectivity index (χ1v) is 10.2. The van der Waals surface area contributed by atoms with E-state index in [1.807, 2.05) is 24.3 Å². The van der Waals surface area contributed by atoms with Gasteiger partial charge in [-0.1, -0.05) is 0 Å². The fourth-order valence-corrected chi connectivity index (χ4v) is 5.00. The highest BCUT2D eigenvalue weighted by molar-refractivity contribution is 7.16. The van der Waals surface area contributed by atoms with E-state index in [-0.39, 0.29) is 17.9 Å². The van der Waals surface area contributed by atoms with E-state index in [9.17, 15) is 9.59 Å². The lowest BCUT2D eigenvalue weighted by atomic mass is 9.79. The highest BCUT2D eigenvalue weighted by Gasteiger charge is 2.40. The number of amides is 2. The second-order valence-electron chi connectivity index (χ2n) is 7.40. The minimum absolute atomic E-state index is 0.0285. The lowest BCUT2D eigenvalue weighted by Crippen LogP contribution is -2.62. The molecule has 0 saturated carbocycles. The number of hydrogen-bond acceptors (Lipinski definition) is 5. The van der Waals surface area contributed by atoms with Crippen LogP contribution < -0.4 is 10.6 Å². The van der Waals surface area contributed by atoms with Crippen molar-refractivity contribution in [3.63, 3.8) is 0 Å². The Balaban J connectivity index is 1.44. The fraction of sp³-hybridized carbons (Fsp3) is 0.450. The molecule has 3 fully saturated rings. The summed E-state index contributed by atoms with van der Waals surface area (Å²) < 4.78 is 0. The molecule has 3 saturated heterocycles. The molecule has 2 amide bonds. The summed E-state index contributed by atoms with van der Waals surface area (Å²) >= 11 is 1.40. The number of anilines is 1. The van der Waals surface area contributed by atoms with Crippen LogP contribution >= 0.6 is 11.3 Å². The summed E-state index contributed by atoms with van der Waals surface area (Å²) in [4.78, 5) is 31.4. The van der Waals surface area contributed by atoms with Gasteiger partial charge in [-0.05, 0) is 63.0 Å². The zero-order chi connectivity index (χ0) is 19.0. The van der Waals surface area contributed by atoms with Crippen molar-refractivity contribution < 1.29 is 9.59 Å². The minimum atomic E-state index is -0.0991. The van der Waals surface area contributed by atoms with Crippen LogP contribution in [0, 0.1) is 5.92 Å². The topological polar surface area (TPSA) is 74.3 Å². The highest BCUT2D eigenvalue weighted by Crippen LogP contribution is 2.33. The van der Waals surface area contributed by atoms with E-state index >= 15 is 0 Å². The first-order chi connectivity index (χ1) is 13.0. The van der Waals surface area contributed by atoms with E-state index in [1.54, 1.807) is 6.20 Å². The molecular weight excluding hydrogens is 360 g/mol. The lowest BCUT2D eigenvalue weighted by Gasteiger charge is -2.49. The van der Waals surface area contributed by atoms with Crippen LogP contribution in [0.1, 0.15) is 36.4 Å². The Morgan fingerprint density at radius 2 is 1.89 bits per heavy atom. The number of benzene rings is 1. The molecule has 7 heteroatoms. The molecule has 3 aliphatic rings. The summed E-state index contributed by atoms with van der Waals surface area (Å²) in [7, 11) is 0. The van der Waals surface area contributed by atoms with Crippen molar-refractivity contribution in [2.24, 2.45) is 5.92 Å². The van der Waals surface area contributed by atoms with Crippen LogP contribution in [0.4, 0.5) is 5.69 Å². The maximum absolute atomic E-state index is 12.7. The Labute approximate surface area is 163 Å². The second-order valence-corrected chi connectivity index (χ2v) is 8.43. The monoisotopic (exact) mass is 384 g/mol. The molecule has 1 aromatic carbocycles. The van der Waals surface area contributed by atoms with Gasteiger partial charge in [0, 0.05) is 30.3 Å². The van der Waals surface area contributed by atoms with Gasteiger partial charge >= 0.3 is 0 Å². The van der Waals surface area contributed by atoms with Crippen LogP contribution in [-0.2, 0) is 4.79 Å². The van der Waals surface area contributed by atoms with E-state index in [4.69, 9.17) is 0 Å². The minimum Gasteiger partial charge on any atom is -0.347 e. The van der Waals surface area contributed by atoms with Crippen molar-refractivity contribution in [1.29, 1.82) is 0 Å². The fourth-order valence-electron chi connectivity index (χ4n) is 4.18. The number of fused-ring (bicyclic) bond motifs is 3. The predicted octanol–water partition coefficient (Wildman–Crippen LogP) is 2.98. The molecule has 2 aromatic rings. The quantitative estimate of drug-likeness (QED) is 0.850. The van der Waals surface area contributed by atoms with Crippen molar-refractivity contribution in [2.45, 2.75) is 38.8 Å². The average Bonchev–Trinajstić information content (AvgIpc) is 3.15. The molecule has 5 rings (SSSR count). The normalized spacial score (nSPS) is 26.6. The Kier molecular flexibility index (Phi) is 4.97. The molecule has 2 bridgehead atoms. The van der Waals surface area contributed by atoms with Gasteiger partial charge in [0.05, 0.1) is 6.20 Å². The summed E-state index contributed by atoms with van der Waals surface area (Å²) in [5.41, 5.74) is 1.68. The van der Waals surface area contributed by atoms with Gasteiger partial charge < -0.3 is 10.6 Å². The number of nitrogens with zero attached hydrogens (tertiary/aromatic N) is 2. The smallest absolute Gasteiger partial charge is 0.263 e. The molecule has 0 aliphatic carbocycles. The summed E-state index contributed by atoms with van der Waals surface area (Å²) in [5.74, 6) is 0.458. The Bertz CT molecular complexity index is 838. The van der Waals surface area contributed by atoms with Gasteiger partial charge in [-0.25, -0.2) is 4.98 Å². The molecule has 2 atom stereocenters. The first-order valence-electron chi connectivity index (χ1n) is 9.40. The molecular formula is C20H24N4O2S. The Hall–Kier alpha value is -2.25. The third kappa shape index (κ3) is 3.75. The molecule has 0 radical (unpaired) electrons. The van der Waals surface area contributed by atoms with Crippen molar-refractivity contribution in [2.75, 3.05) is 18.4 Å². The van der Waals surface area contributed by atoms with Crippen LogP contribution in [-0.4, -0.2) is 46.9 Å². The number of thiazole rings is 1. The predicted molar refractivity (Wildman–Crippen MR) is 107 cm³/mol. The number of hydrogen-bond donors (Lipinski definition) is 2. The summed E-state index contributed by atoms with van der Waals surface area (Å²) in [6.07, 6.45) is 4.00. The van der Waals surface area contributed by atoms with E-state index in [2.05, 4.69) is 27.4 Å². The maximum atomic E-state index is 12.7. The number of carbonyl (C=O) groups excluding carboxylic acids is 2. The van der Waals surface area contributed by atoms with Crippen LogP contribution in [0.3, 0.4) is 0 Å². The van der Waals surface area contributed by atoms with E-state index in [1.165, 1.54) is 31.1 Å². The summed E-state index contributed by atoms with van der Waals surface area (Å²) in [6.45, 7) is 6.00. The molecule has 0 unspecified atom stereocenters. The molecule has 4 heterocycles. The summed E-state index contributed by atoms with van der Waals surface area (Å²) in [5, 5.41) is 6.80. The largest absolute Gasteiger partial charge is 0.347 e. The molecule has 0 spiro atoms. The lowest BCUT2D eigenvalue weighted by molar-refractivity contribution is -0.114. The summed E-state index contributed by atoms with van der Waals surface area (Å²) in [6, 6.07) is 8.11. The van der Waals surface area contributed by atoms with Gasteiger partial charge in [0.15, 0.2) is 0 Å². The van der Waals surface area contributed by atoms with Crippen LogP contribution in [0.2, 0.25) is 0 Å². The van der Waals surface area contributed by atoms with Crippen molar-refractivity contribution in [3.05, 3.63) is 35.3 Å². The number of carbonyl (C=O) groups is 2. The van der Waals surface area contributed by atoms with E-state index in [0.29, 0.717) is 16.8 Å². The van der Waals surface area contributed by atoms with Crippen LogP contribution in [0.5, 0.6) is 0 Å². The Morgan fingerprint density at radius 3 is 2.52 bits per heavy atom. The number of nitrogens with one attached hydrogen (secondary N) is 2. The number of aromatic nitrogens is 1. The average molecular weight is 385 g/mol. The highest BCUT2D eigenvalue weighted by atomic mass is 32.1. The molecule has 6 nitrogen and oxygen atoms in total. The first kappa shape index (κ1) is 18.1. The standard InChI is InChI=1S/C20H24N4O2S/c1-12-18(14-7-9-24(12)10-8-14)23-19(26)17-11-21-20(27-17)15-3-5-16(6-4-15)22-13(2)25/h3-6,11-12,14,18H,7-10H2,1-2H3,(H,22,25)(H,23,26)/t12-,18+/m1/s1. The van der Waals surface area contributed by atoms with Gasteiger partial charge in [0.25, 0.3) is 5.91 Å². The Morgan fingerprint density at radius 1 is 1.19 bits per heavy atom. The van der Waals surface area contributed by atoms with Crippen molar-refractivity contribution >= 4 is 28.8 Å². The zero-order valence-corrected chi connectivity index (χ0v) is 16.4. The van der Waals surface area contributed by atoms with Gasteiger partial charge in [-0.3, -0.25) is 14.5 Å². The third-order valence-corrected chi connectivity index (χ3v) is 6.70. The second kappa shape index (κ2) is 7.40. The van der Waals surface area contributed by atoms with Gasteiger partial charge in [0.1, 0.15) is 9.88 Å². The van der Waals surface area contributed by atoms with Crippen molar-refractivity contribution in [1.82, 2.24) is 15.2 Å². The molecule has 3 aliphatic heterocycles. The molecule has 27 heavy (non-hydrogen) atoms. The molecule has 142 valence electrons. The maximum Gasteiger partial charge on any atom is 0.263 e. The van der Waals surface area contributed by atoms with Gasteiger partial charge in [-0.2, -0.15) is 0 Å². The number of piperidine rings is 3. The third-order valence-electron chi connectivity index (χ3n) is 5.66. The molecule has 2 N–H and O–H groups in total. The van der Waals surface area contributed by atoms with Crippen molar-refractivity contribution in [3.8, 4) is 10.6 Å². The zero-order valence-electron chi connectivity index (χ0n) is 15.6. The van der Waals surface area contributed by atoms with Gasteiger partial charge in [0.2, 0.25) is 5.91 Å². The van der Waals surface area contributed by atoms with E-state index < -0.39 is 0 Å². The van der Waals surface area contributed by atoms with E-state index in [0.717, 1.165) is 29.3 Å². The van der Waals surface area contributed by atoms with Gasteiger partial charge in [-0.15, -0.1) is 11.3 Å². The SMILES string of the molecule is CC(=O)Nc1ccc(-c2ncc(C(=O)N[C@@H]3C4CCN(CC4)[C@@H]3C)s2)cc1. The molecule has 1 aromatic heterocycles. The van der Waals surface area contributed by atoms with Crippen LogP contribution in [0.15, 0.2) is 30.5 Å². The van der Waals surface area contributed by atoms with Crippen LogP contribution in [0.25, 0.3) is 10.6 Å². The number of rotatable bonds is 4.